The van der Waals surface area contributed by atoms with Crippen LogP contribution < -0.4 is 5.32 Å². The van der Waals surface area contributed by atoms with E-state index in [1.54, 1.807) is 0 Å². The topological polar surface area (TPSA) is 38.1 Å². The van der Waals surface area contributed by atoms with Gasteiger partial charge in [-0.3, -0.25) is 0 Å². The van der Waals surface area contributed by atoms with Crippen LogP contribution in [0.4, 0.5) is 0 Å². The van der Waals surface area contributed by atoms with Gasteiger partial charge < -0.3 is 9.73 Å². The molecule has 100 valence electrons. The van der Waals surface area contributed by atoms with Crippen LogP contribution in [0.5, 0.6) is 0 Å². The number of nitrogens with zero attached hydrogens (tertiary/aromatic N) is 1. The van der Waals surface area contributed by atoms with Gasteiger partial charge in [0.1, 0.15) is 0 Å². The molecule has 1 N–H and O–H groups in total. The maximum absolute atomic E-state index is 5.82. The third-order valence-corrected chi connectivity index (χ3v) is 3.70. The summed E-state index contributed by atoms with van der Waals surface area (Å²) >= 11 is 0. The standard InChI is InChI=1S/C16H20N2O/c1-2-17-9-8-16-18-11-15(19-16)14-7-6-12-4-3-5-13(12)10-14/h6-7,10-11,17H,2-5,8-9H2,1H3. The summed E-state index contributed by atoms with van der Waals surface area (Å²) in [6.45, 7) is 4.00. The minimum absolute atomic E-state index is 0.816. The van der Waals surface area contributed by atoms with Crippen LogP contribution in [0, 0.1) is 0 Å². The maximum atomic E-state index is 5.82. The Hall–Kier alpha value is -1.61. The van der Waals surface area contributed by atoms with Crippen LogP contribution in [0.1, 0.15) is 30.4 Å². The molecule has 0 atom stereocenters. The highest BCUT2D eigenvalue weighted by Crippen LogP contribution is 2.28. The zero-order valence-corrected chi connectivity index (χ0v) is 11.4. The molecule has 0 fully saturated rings. The summed E-state index contributed by atoms with van der Waals surface area (Å²) in [5, 5.41) is 3.28. The summed E-state index contributed by atoms with van der Waals surface area (Å²) in [5.41, 5.74) is 4.13. The Morgan fingerprint density at radius 2 is 2.16 bits per heavy atom. The van der Waals surface area contributed by atoms with Crippen molar-refractivity contribution in [2.24, 2.45) is 0 Å². The van der Waals surface area contributed by atoms with Crippen molar-refractivity contribution in [1.82, 2.24) is 10.3 Å². The first kappa shape index (κ1) is 12.4. The first-order valence-electron chi connectivity index (χ1n) is 7.14. The van der Waals surface area contributed by atoms with Crippen molar-refractivity contribution in [3.05, 3.63) is 41.4 Å². The average Bonchev–Trinajstić information content (AvgIpc) is 3.06. The summed E-state index contributed by atoms with van der Waals surface area (Å²) in [4.78, 5) is 4.35. The van der Waals surface area contributed by atoms with Crippen LogP contribution in [0.2, 0.25) is 0 Å². The summed E-state index contributed by atoms with van der Waals surface area (Å²) in [5.74, 6) is 1.71. The molecule has 1 heterocycles. The number of hydrogen-bond acceptors (Lipinski definition) is 3. The van der Waals surface area contributed by atoms with Gasteiger partial charge in [-0.15, -0.1) is 0 Å². The fourth-order valence-electron chi connectivity index (χ4n) is 2.66. The molecule has 0 saturated heterocycles. The minimum atomic E-state index is 0.816. The van der Waals surface area contributed by atoms with Gasteiger partial charge in [0, 0.05) is 18.5 Å². The second kappa shape index (κ2) is 5.57. The first-order chi connectivity index (χ1) is 9.36. The van der Waals surface area contributed by atoms with Crippen LogP contribution >= 0.6 is 0 Å². The number of fused-ring (bicyclic) bond motifs is 1. The van der Waals surface area contributed by atoms with Gasteiger partial charge in [0.2, 0.25) is 0 Å². The van der Waals surface area contributed by atoms with E-state index >= 15 is 0 Å². The molecule has 3 heteroatoms. The number of nitrogens with one attached hydrogen (secondary N) is 1. The third-order valence-electron chi connectivity index (χ3n) is 3.70. The summed E-state index contributed by atoms with van der Waals surface area (Å²) < 4.78 is 5.82. The maximum Gasteiger partial charge on any atom is 0.196 e. The van der Waals surface area contributed by atoms with Crippen LogP contribution in [-0.4, -0.2) is 18.1 Å². The Kier molecular flexibility index (Phi) is 3.65. The summed E-state index contributed by atoms with van der Waals surface area (Å²) in [7, 11) is 0. The zero-order valence-electron chi connectivity index (χ0n) is 11.4. The average molecular weight is 256 g/mol. The second-order valence-electron chi connectivity index (χ2n) is 5.06. The number of oxazole rings is 1. The normalized spacial score (nSPS) is 13.7. The molecule has 0 saturated carbocycles. The van der Waals surface area contributed by atoms with Crippen molar-refractivity contribution >= 4 is 0 Å². The molecule has 1 aromatic heterocycles. The Balaban J connectivity index is 1.75. The van der Waals surface area contributed by atoms with Crippen LogP contribution in [0.3, 0.4) is 0 Å². The van der Waals surface area contributed by atoms with E-state index < -0.39 is 0 Å². The van der Waals surface area contributed by atoms with E-state index in [0.717, 1.165) is 36.7 Å². The second-order valence-corrected chi connectivity index (χ2v) is 5.06. The Morgan fingerprint density at radius 3 is 3.05 bits per heavy atom. The Bertz CT molecular complexity index is 560. The molecule has 19 heavy (non-hydrogen) atoms. The van der Waals surface area contributed by atoms with Gasteiger partial charge >= 0.3 is 0 Å². The largest absolute Gasteiger partial charge is 0.441 e. The fraction of sp³-hybridized carbons (Fsp3) is 0.438. The fourth-order valence-corrected chi connectivity index (χ4v) is 2.66. The molecule has 3 rings (SSSR count). The lowest BCUT2D eigenvalue weighted by Crippen LogP contribution is -2.16. The Labute approximate surface area is 114 Å². The smallest absolute Gasteiger partial charge is 0.196 e. The molecule has 1 aliphatic rings. The van der Waals surface area contributed by atoms with E-state index in [2.05, 4.69) is 35.4 Å². The lowest BCUT2D eigenvalue weighted by atomic mass is 10.1. The Morgan fingerprint density at radius 1 is 1.26 bits per heavy atom. The SMILES string of the molecule is CCNCCc1ncc(-c2ccc3c(c2)CCC3)o1. The van der Waals surface area contributed by atoms with Crippen molar-refractivity contribution in [2.75, 3.05) is 13.1 Å². The van der Waals surface area contributed by atoms with Crippen molar-refractivity contribution in [2.45, 2.75) is 32.6 Å². The lowest BCUT2D eigenvalue weighted by Gasteiger charge is -2.02. The van der Waals surface area contributed by atoms with E-state index in [1.165, 1.54) is 30.4 Å². The van der Waals surface area contributed by atoms with Gasteiger partial charge in [-0.1, -0.05) is 19.1 Å². The predicted octanol–water partition coefficient (Wildman–Crippen LogP) is 2.98. The molecule has 0 spiro atoms. The van der Waals surface area contributed by atoms with Gasteiger partial charge in [-0.2, -0.15) is 0 Å². The van der Waals surface area contributed by atoms with Crippen LogP contribution in [0.25, 0.3) is 11.3 Å². The van der Waals surface area contributed by atoms with E-state index in [9.17, 15) is 0 Å². The molecular weight excluding hydrogens is 236 g/mol. The highest BCUT2D eigenvalue weighted by Gasteiger charge is 2.13. The van der Waals surface area contributed by atoms with Crippen molar-refractivity contribution in [3.63, 3.8) is 0 Å². The molecule has 0 bridgehead atoms. The zero-order chi connectivity index (χ0) is 13.1. The quantitative estimate of drug-likeness (QED) is 0.836. The number of benzene rings is 1. The van der Waals surface area contributed by atoms with E-state index in [-0.39, 0.29) is 0 Å². The molecule has 2 aromatic rings. The van der Waals surface area contributed by atoms with Crippen molar-refractivity contribution in [1.29, 1.82) is 0 Å². The summed E-state index contributed by atoms with van der Waals surface area (Å²) in [6.07, 6.45) is 6.39. The van der Waals surface area contributed by atoms with Gasteiger partial charge in [-0.25, -0.2) is 4.98 Å². The number of aryl methyl sites for hydroxylation is 2. The monoisotopic (exact) mass is 256 g/mol. The van der Waals surface area contributed by atoms with Gasteiger partial charge in [0.15, 0.2) is 11.7 Å². The van der Waals surface area contributed by atoms with Crippen molar-refractivity contribution < 1.29 is 4.42 Å². The molecule has 1 aromatic carbocycles. The van der Waals surface area contributed by atoms with Crippen molar-refractivity contribution in [3.8, 4) is 11.3 Å². The van der Waals surface area contributed by atoms with E-state index in [0.29, 0.717) is 0 Å². The van der Waals surface area contributed by atoms with E-state index in [1.807, 2.05) is 6.20 Å². The van der Waals surface area contributed by atoms with Gasteiger partial charge in [0.05, 0.1) is 6.20 Å². The third kappa shape index (κ3) is 2.71. The molecule has 0 unspecified atom stereocenters. The lowest BCUT2D eigenvalue weighted by molar-refractivity contribution is 0.497. The number of aromatic nitrogens is 1. The highest BCUT2D eigenvalue weighted by molar-refractivity contribution is 5.59. The number of hydrogen-bond donors (Lipinski definition) is 1. The number of rotatable bonds is 5. The molecule has 3 nitrogen and oxygen atoms in total. The summed E-state index contributed by atoms with van der Waals surface area (Å²) in [6, 6.07) is 6.65. The predicted molar refractivity (Wildman–Crippen MR) is 76.2 cm³/mol. The van der Waals surface area contributed by atoms with Crippen LogP contribution in [0.15, 0.2) is 28.8 Å². The van der Waals surface area contributed by atoms with Gasteiger partial charge in [-0.05, 0) is 43.0 Å². The molecule has 0 amide bonds. The molecule has 1 aliphatic carbocycles. The minimum Gasteiger partial charge on any atom is -0.441 e. The van der Waals surface area contributed by atoms with E-state index in [4.69, 9.17) is 4.42 Å². The first-order valence-corrected chi connectivity index (χ1v) is 7.14. The van der Waals surface area contributed by atoms with Crippen LogP contribution in [-0.2, 0) is 19.3 Å². The molecular formula is C16H20N2O. The van der Waals surface area contributed by atoms with Gasteiger partial charge in [0.25, 0.3) is 0 Å². The number of likely N-dealkylation sites (N-methyl/N-ethyl adjacent to an activating group) is 1. The molecule has 0 aliphatic heterocycles. The highest BCUT2D eigenvalue weighted by atomic mass is 16.4. The molecule has 0 radical (unpaired) electrons.